The predicted octanol–water partition coefficient (Wildman–Crippen LogP) is 0.745. The maximum atomic E-state index is 13.1. The molecular formula is C17H16N4O4. The third kappa shape index (κ3) is 2.42. The van der Waals surface area contributed by atoms with E-state index in [1.807, 2.05) is 18.2 Å². The molecule has 1 aromatic heterocycles. The van der Waals surface area contributed by atoms with Gasteiger partial charge in [0.25, 0.3) is 5.91 Å². The van der Waals surface area contributed by atoms with Gasteiger partial charge in [0, 0.05) is 18.2 Å². The first-order chi connectivity index (χ1) is 12.1. The summed E-state index contributed by atoms with van der Waals surface area (Å²) >= 11 is 0. The van der Waals surface area contributed by atoms with Gasteiger partial charge in [-0.05, 0) is 12.1 Å². The molecule has 25 heavy (non-hydrogen) atoms. The number of hydrogen-bond donors (Lipinski definition) is 1. The summed E-state index contributed by atoms with van der Waals surface area (Å²) < 4.78 is 11.3. The lowest BCUT2D eigenvalue weighted by molar-refractivity contribution is -0.120. The molecule has 3 heterocycles. The molecule has 128 valence electrons. The monoisotopic (exact) mass is 340 g/mol. The fourth-order valence-electron chi connectivity index (χ4n) is 3.27. The molecule has 0 fully saturated rings. The average Bonchev–Trinajstić information content (AvgIpc) is 3.05. The summed E-state index contributed by atoms with van der Waals surface area (Å²) in [5.74, 6) is -1.04. The van der Waals surface area contributed by atoms with E-state index in [1.165, 1.54) is 4.90 Å². The fraction of sp³-hybridized carbons (Fsp3) is 0.294. The van der Waals surface area contributed by atoms with Crippen LogP contribution >= 0.6 is 0 Å². The van der Waals surface area contributed by atoms with Gasteiger partial charge in [-0.25, -0.2) is 0 Å². The van der Waals surface area contributed by atoms with Crippen LogP contribution in [0.15, 0.2) is 24.3 Å². The molecule has 2 aromatic rings. The summed E-state index contributed by atoms with van der Waals surface area (Å²) in [5.41, 5.74) is 7.91. The summed E-state index contributed by atoms with van der Waals surface area (Å²) in [4.78, 5) is 26.5. The molecule has 0 saturated heterocycles. The maximum Gasteiger partial charge on any atom is 0.269 e. The number of ether oxygens (including phenoxy) is 2. The van der Waals surface area contributed by atoms with Crippen molar-refractivity contribution in [3.8, 4) is 5.75 Å². The number of amides is 2. The van der Waals surface area contributed by atoms with Crippen molar-refractivity contribution in [1.82, 2.24) is 10.2 Å². The van der Waals surface area contributed by atoms with Crippen LogP contribution in [0, 0.1) is 0 Å². The zero-order valence-corrected chi connectivity index (χ0v) is 13.6. The van der Waals surface area contributed by atoms with E-state index in [0.717, 1.165) is 0 Å². The quantitative estimate of drug-likeness (QED) is 0.864. The Morgan fingerprint density at radius 2 is 2.08 bits per heavy atom. The van der Waals surface area contributed by atoms with Crippen LogP contribution in [-0.4, -0.2) is 35.7 Å². The van der Waals surface area contributed by atoms with E-state index in [9.17, 15) is 9.59 Å². The summed E-state index contributed by atoms with van der Waals surface area (Å²) in [7, 11) is 1.68. The van der Waals surface area contributed by atoms with Gasteiger partial charge in [-0.3, -0.25) is 9.59 Å². The van der Waals surface area contributed by atoms with Gasteiger partial charge in [-0.15, -0.1) is 5.10 Å². The van der Waals surface area contributed by atoms with Crippen molar-refractivity contribution in [2.24, 2.45) is 5.73 Å². The molecule has 2 aliphatic rings. The molecule has 2 N–H and O–H groups in total. The molecule has 0 spiro atoms. The van der Waals surface area contributed by atoms with Crippen LogP contribution in [-0.2, 0) is 22.7 Å². The number of benzene rings is 1. The lowest BCUT2D eigenvalue weighted by Crippen LogP contribution is -2.34. The minimum atomic E-state index is -0.727. The molecule has 1 aromatic carbocycles. The van der Waals surface area contributed by atoms with Gasteiger partial charge in [0.1, 0.15) is 18.3 Å². The number of nitrogens with two attached hydrogens (primary N) is 1. The second kappa shape index (κ2) is 5.82. The number of primary amides is 1. The predicted molar refractivity (Wildman–Crippen MR) is 87.1 cm³/mol. The number of para-hydroxylation sites is 2. The van der Waals surface area contributed by atoms with E-state index in [0.29, 0.717) is 34.9 Å². The number of hydrogen-bond acceptors (Lipinski definition) is 6. The van der Waals surface area contributed by atoms with Gasteiger partial charge < -0.3 is 20.1 Å². The summed E-state index contributed by atoms with van der Waals surface area (Å²) in [6, 6.07) is 7.28. The highest BCUT2D eigenvalue weighted by Gasteiger charge is 2.37. The number of rotatable bonds is 2. The Hall–Kier alpha value is -3.00. The van der Waals surface area contributed by atoms with Gasteiger partial charge in [0.2, 0.25) is 5.91 Å². The molecular weight excluding hydrogens is 324 g/mol. The van der Waals surface area contributed by atoms with Crippen LogP contribution in [0.5, 0.6) is 5.75 Å². The van der Waals surface area contributed by atoms with E-state index in [4.69, 9.17) is 15.2 Å². The first-order valence-corrected chi connectivity index (χ1v) is 7.83. The Balaban J connectivity index is 1.85. The molecule has 0 bridgehead atoms. The topological polar surface area (TPSA) is 108 Å². The molecule has 2 aliphatic heterocycles. The van der Waals surface area contributed by atoms with E-state index in [-0.39, 0.29) is 24.8 Å². The van der Waals surface area contributed by atoms with Crippen LogP contribution in [0.3, 0.4) is 0 Å². The molecule has 4 rings (SSSR count). The second-order valence-corrected chi connectivity index (χ2v) is 5.97. The van der Waals surface area contributed by atoms with Gasteiger partial charge >= 0.3 is 0 Å². The molecule has 0 saturated carbocycles. The van der Waals surface area contributed by atoms with Crippen LogP contribution in [0.1, 0.15) is 33.2 Å². The van der Waals surface area contributed by atoms with Crippen LogP contribution < -0.4 is 15.4 Å². The minimum Gasteiger partial charge on any atom is -0.490 e. The normalized spacial score (nSPS) is 19.0. The van der Waals surface area contributed by atoms with Crippen LogP contribution in [0.2, 0.25) is 0 Å². The summed E-state index contributed by atoms with van der Waals surface area (Å²) in [6.45, 7) is 0.645. The van der Waals surface area contributed by atoms with Crippen molar-refractivity contribution in [2.45, 2.75) is 19.1 Å². The Morgan fingerprint density at radius 1 is 1.28 bits per heavy atom. The zero-order chi connectivity index (χ0) is 17.6. The molecule has 8 heteroatoms. The molecule has 0 unspecified atom stereocenters. The number of anilines is 1. The summed E-state index contributed by atoms with van der Waals surface area (Å²) in [6.07, 6.45) is 0. The van der Waals surface area contributed by atoms with Crippen LogP contribution in [0.25, 0.3) is 0 Å². The largest absolute Gasteiger partial charge is 0.490 e. The lowest BCUT2D eigenvalue weighted by Gasteiger charge is -2.22. The molecule has 1 atom stereocenters. The third-order valence-electron chi connectivity index (χ3n) is 4.53. The number of fused-ring (bicyclic) bond motifs is 2. The van der Waals surface area contributed by atoms with Gasteiger partial charge in [-0.1, -0.05) is 12.1 Å². The first-order valence-electron chi connectivity index (χ1n) is 7.83. The second-order valence-electron chi connectivity index (χ2n) is 5.97. The van der Waals surface area contributed by atoms with Crippen molar-refractivity contribution in [3.05, 3.63) is 46.8 Å². The molecule has 0 aliphatic carbocycles. The third-order valence-corrected chi connectivity index (χ3v) is 4.53. The van der Waals surface area contributed by atoms with Gasteiger partial charge in [0.05, 0.1) is 24.6 Å². The van der Waals surface area contributed by atoms with Crippen molar-refractivity contribution in [3.63, 3.8) is 0 Å². The number of carbonyl (C=O) groups is 2. The maximum absolute atomic E-state index is 13.1. The Morgan fingerprint density at radius 3 is 2.88 bits per heavy atom. The SMILES string of the molecule is CN1C(=O)[C@@H](c2c(C(N)=O)nnc3c2COC3)COc2ccccc21. The number of aromatic nitrogens is 2. The first kappa shape index (κ1) is 15.5. The Bertz CT molecular complexity index is 883. The fourth-order valence-corrected chi connectivity index (χ4v) is 3.27. The molecule has 0 radical (unpaired) electrons. The number of nitrogens with zero attached hydrogens (tertiary/aromatic N) is 3. The van der Waals surface area contributed by atoms with Crippen molar-refractivity contribution in [2.75, 3.05) is 18.6 Å². The highest BCUT2D eigenvalue weighted by atomic mass is 16.5. The van der Waals surface area contributed by atoms with Crippen LogP contribution in [0.4, 0.5) is 5.69 Å². The van der Waals surface area contributed by atoms with Crippen molar-refractivity contribution >= 4 is 17.5 Å². The molecule has 8 nitrogen and oxygen atoms in total. The van der Waals surface area contributed by atoms with E-state index >= 15 is 0 Å². The smallest absolute Gasteiger partial charge is 0.269 e. The van der Waals surface area contributed by atoms with E-state index in [1.54, 1.807) is 13.1 Å². The number of carbonyl (C=O) groups excluding carboxylic acids is 2. The Kier molecular flexibility index (Phi) is 3.61. The van der Waals surface area contributed by atoms with Crippen molar-refractivity contribution in [1.29, 1.82) is 0 Å². The highest BCUT2D eigenvalue weighted by molar-refractivity contribution is 6.02. The molecule has 2 amide bonds. The van der Waals surface area contributed by atoms with Gasteiger partial charge in [-0.2, -0.15) is 5.10 Å². The van der Waals surface area contributed by atoms with E-state index < -0.39 is 11.8 Å². The van der Waals surface area contributed by atoms with Gasteiger partial charge in [0.15, 0.2) is 5.69 Å². The van der Waals surface area contributed by atoms with E-state index in [2.05, 4.69) is 10.2 Å². The highest BCUT2D eigenvalue weighted by Crippen LogP contribution is 2.37. The summed E-state index contributed by atoms with van der Waals surface area (Å²) in [5, 5.41) is 7.93. The standard InChI is InChI=1S/C17H16N4O4/c1-21-12-4-2-3-5-13(12)25-7-10(17(21)23)14-9-6-24-8-11(9)19-20-15(14)16(18)22/h2-5,10H,6-8H2,1H3,(H2,18,22)/t10-/m1/s1. The van der Waals surface area contributed by atoms with Crippen molar-refractivity contribution < 1.29 is 19.1 Å². The zero-order valence-electron chi connectivity index (χ0n) is 13.6. The minimum absolute atomic E-state index is 0.00874. The number of likely N-dealkylation sites (N-methyl/N-ethyl adjacent to an activating group) is 1. The lowest BCUT2D eigenvalue weighted by atomic mass is 9.91. The Labute approximate surface area is 143 Å². The average molecular weight is 340 g/mol.